The number of nitrogens with zero attached hydrogens (tertiary/aromatic N) is 3. The maximum Gasteiger partial charge on any atom is 0.266 e. The summed E-state index contributed by atoms with van der Waals surface area (Å²) in [5.41, 5.74) is 3.20. The summed E-state index contributed by atoms with van der Waals surface area (Å²) in [4.78, 5) is 6.63. The van der Waals surface area contributed by atoms with Crippen molar-refractivity contribution in [3.63, 3.8) is 0 Å². The summed E-state index contributed by atoms with van der Waals surface area (Å²) >= 11 is 0. The third-order valence-corrected chi connectivity index (χ3v) is 4.14. The van der Waals surface area contributed by atoms with Gasteiger partial charge in [0.05, 0.1) is 20.3 Å². The topological polar surface area (TPSA) is 60.6 Å². The molecule has 1 aliphatic heterocycles. The molecule has 23 heavy (non-hydrogen) atoms. The first-order chi connectivity index (χ1) is 11.1. The highest BCUT2D eigenvalue weighted by molar-refractivity contribution is 5.64. The number of methoxy groups -OCH3 is 1. The van der Waals surface area contributed by atoms with Crippen LogP contribution >= 0.6 is 0 Å². The van der Waals surface area contributed by atoms with Crippen molar-refractivity contribution >= 4 is 5.95 Å². The first kappa shape index (κ1) is 15.8. The molecule has 2 heterocycles. The Morgan fingerprint density at radius 2 is 1.96 bits per heavy atom. The number of morpholine rings is 1. The van der Waals surface area contributed by atoms with Gasteiger partial charge in [-0.05, 0) is 35.2 Å². The molecule has 0 saturated carbocycles. The molecule has 1 aromatic heterocycles. The number of hydrogen-bond acceptors (Lipinski definition) is 6. The molecular weight excluding hydrogens is 294 g/mol. The molecule has 0 N–H and O–H groups in total. The summed E-state index contributed by atoms with van der Waals surface area (Å²) in [6, 6.07) is 4.12. The normalized spacial score (nSPS) is 15.3. The molecule has 0 spiro atoms. The number of benzene rings is 1. The smallest absolute Gasteiger partial charge is 0.266 e. The number of ether oxygens (including phenoxy) is 2. The zero-order valence-corrected chi connectivity index (χ0v) is 14.1. The molecule has 1 aromatic carbocycles. The zero-order chi connectivity index (χ0) is 16.4. The van der Waals surface area contributed by atoms with Crippen LogP contribution in [0.25, 0.3) is 11.5 Å². The molecular formula is C17H23N3O3. The van der Waals surface area contributed by atoms with E-state index in [1.807, 2.05) is 6.07 Å². The van der Waals surface area contributed by atoms with Gasteiger partial charge < -0.3 is 18.9 Å². The quantitative estimate of drug-likeness (QED) is 0.864. The van der Waals surface area contributed by atoms with E-state index < -0.39 is 0 Å². The van der Waals surface area contributed by atoms with E-state index in [-0.39, 0.29) is 0 Å². The van der Waals surface area contributed by atoms with E-state index >= 15 is 0 Å². The van der Waals surface area contributed by atoms with Gasteiger partial charge in [0.15, 0.2) is 0 Å². The lowest BCUT2D eigenvalue weighted by molar-refractivity contribution is 0.121. The number of anilines is 1. The third kappa shape index (κ3) is 3.17. The molecule has 0 aliphatic carbocycles. The Morgan fingerprint density at radius 1 is 1.22 bits per heavy atom. The van der Waals surface area contributed by atoms with E-state index in [2.05, 4.69) is 41.9 Å². The summed E-state index contributed by atoms with van der Waals surface area (Å²) in [6.45, 7) is 9.32. The van der Waals surface area contributed by atoms with E-state index in [9.17, 15) is 0 Å². The second kappa shape index (κ2) is 6.58. The van der Waals surface area contributed by atoms with Crippen LogP contribution in [0.5, 0.6) is 5.75 Å². The van der Waals surface area contributed by atoms with Crippen molar-refractivity contribution in [2.24, 2.45) is 0 Å². The fraction of sp³-hybridized carbons (Fsp3) is 0.529. The first-order valence-electron chi connectivity index (χ1n) is 7.95. The fourth-order valence-electron chi connectivity index (χ4n) is 2.79. The molecule has 1 saturated heterocycles. The summed E-state index contributed by atoms with van der Waals surface area (Å²) in [5.74, 6) is 2.39. The van der Waals surface area contributed by atoms with E-state index in [0.717, 1.165) is 30.0 Å². The monoisotopic (exact) mass is 317 g/mol. The number of aromatic nitrogens is 2. The molecule has 0 radical (unpaired) electrons. The van der Waals surface area contributed by atoms with Gasteiger partial charge in [-0.1, -0.05) is 19.9 Å². The van der Waals surface area contributed by atoms with Gasteiger partial charge in [-0.25, -0.2) is 0 Å². The van der Waals surface area contributed by atoms with Crippen LogP contribution in [0.15, 0.2) is 16.7 Å². The lowest BCUT2D eigenvalue weighted by Gasteiger charge is -2.24. The number of rotatable bonds is 4. The maximum absolute atomic E-state index is 5.53. The summed E-state index contributed by atoms with van der Waals surface area (Å²) in [7, 11) is 1.69. The minimum atomic E-state index is 0.393. The van der Waals surface area contributed by atoms with Gasteiger partial charge in [0.1, 0.15) is 5.75 Å². The molecule has 0 bridgehead atoms. The van der Waals surface area contributed by atoms with Gasteiger partial charge in [-0.2, -0.15) is 4.98 Å². The molecule has 124 valence electrons. The highest BCUT2D eigenvalue weighted by Crippen LogP contribution is 2.34. The number of aryl methyl sites for hydroxylation is 1. The van der Waals surface area contributed by atoms with Crippen molar-refractivity contribution in [3.8, 4) is 17.2 Å². The summed E-state index contributed by atoms with van der Waals surface area (Å²) < 4.78 is 16.4. The van der Waals surface area contributed by atoms with Crippen molar-refractivity contribution in [1.29, 1.82) is 0 Å². The Hall–Kier alpha value is -2.08. The third-order valence-electron chi connectivity index (χ3n) is 4.14. The summed E-state index contributed by atoms with van der Waals surface area (Å²) in [6.07, 6.45) is 0. The van der Waals surface area contributed by atoms with E-state index in [0.29, 0.717) is 31.0 Å². The van der Waals surface area contributed by atoms with Crippen LogP contribution < -0.4 is 9.64 Å². The van der Waals surface area contributed by atoms with Crippen molar-refractivity contribution in [2.75, 3.05) is 38.3 Å². The van der Waals surface area contributed by atoms with Gasteiger partial charge in [-0.3, -0.25) is 0 Å². The molecule has 2 aromatic rings. The second-order valence-electron chi connectivity index (χ2n) is 6.06. The Kier molecular flexibility index (Phi) is 4.52. The van der Waals surface area contributed by atoms with Crippen LogP contribution in [0.2, 0.25) is 0 Å². The van der Waals surface area contributed by atoms with Crippen molar-refractivity contribution in [3.05, 3.63) is 23.3 Å². The fourth-order valence-corrected chi connectivity index (χ4v) is 2.79. The zero-order valence-electron chi connectivity index (χ0n) is 14.1. The van der Waals surface area contributed by atoms with Crippen LogP contribution in [-0.2, 0) is 4.74 Å². The predicted molar refractivity (Wildman–Crippen MR) is 88.1 cm³/mol. The minimum Gasteiger partial charge on any atom is -0.496 e. The standard InChI is InChI=1S/C17H23N3O3/c1-11(2)13-9-12(3)14(10-15(13)21-4)16-18-17(19-23-16)20-5-7-22-8-6-20/h9-11H,5-8H2,1-4H3. The van der Waals surface area contributed by atoms with Crippen molar-refractivity contribution < 1.29 is 14.0 Å². The molecule has 1 fully saturated rings. The average Bonchev–Trinajstić information content (AvgIpc) is 3.05. The highest BCUT2D eigenvalue weighted by Gasteiger charge is 2.20. The molecule has 1 aliphatic rings. The lowest BCUT2D eigenvalue weighted by atomic mass is 9.96. The van der Waals surface area contributed by atoms with E-state index in [1.54, 1.807) is 7.11 Å². The summed E-state index contributed by atoms with van der Waals surface area (Å²) in [5, 5.41) is 4.11. The van der Waals surface area contributed by atoms with Crippen LogP contribution in [0.1, 0.15) is 30.9 Å². The lowest BCUT2D eigenvalue weighted by Crippen LogP contribution is -2.36. The van der Waals surface area contributed by atoms with Crippen LogP contribution in [0, 0.1) is 6.92 Å². The first-order valence-corrected chi connectivity index (χ1v) is 7.95. The van der Waals surface area contributed by atoms with Crippen molar-refractivity contribution in [2.45, 2.75) is 26.7 Å². The SMILES string of the molecule is COc1cc(-c2nc(N3CCOCC3)no2)c(C)cc1C(C)C. The van der Waals surface area contributed by atoms with Gasteiger partial charge in [0.2, 0.25) is 0 Å². The molecule has 0 amide bonds. The molecule has 6 heteroatoms. The molecule has 0 atom stereocenters. The van der Waals surface area contributed by atoms with Gasteiger partial charge >= 0.3 is 0 Å². The highest BCUT2D eigenvalue weighted by atomic mass is 16.5. The van der Waals surface area contributed by atoms with Gasteiger partial charge in [0, 0.05) is 18.7 Å². The Bertz CT molecular complexity index is 676. The molecule has 3 rings (SSSR count). The predicted octanol–water partition coefficient (Wildman–Crippen LogP) is 3.01. The Morgan fingerprint density at radius 3 is 2.61 bits per heavy atom. The average molecular weight is 317 g/mol. The van der Waals surface area contributed by atoms with Gasteiger partial charge in [-0.15, -0.1) is 0 Å². The Labute approximate surface area is 136 Å². The van der Waals surface area contributed by atoms with Crippen LogP contribution in [-0.4, -0.2) is 43.6 Å². The van der Waals surface area contributed by atoms with E-state index in [4.69, 9.17) is 14.0 Å². The van der Waals surface area contributed by atoms with Gasteiger partial charge in [0.25, 0.3) is 11.8 Å². The van der Waals surface area contributed by atoms with Crippen LogP contribution in [0.3, 0.4) is 0 Å². The number of hydrogen-bond donors (Lipinski definition) is 0. The maximum atomic E-state index is 5.53. The molecule has 6 nitrogen and oxygen atoms in total. The Balaban J connectivity index is 1.94. The van der Waals surface area contributed by atoms with Crippen molar-refractivity contribution in [1.82, 2.24) is 10.1 Å². The van der Waals surface area contributed by atoms with E-state index in [1.165, 1.54) is 5.56 Å². The minimum absolute atomic E-state index is 0.393. The largest absolute Gasteiger partial charge is 0.496 e. The molecule has 0 unspecified atom stereocenters. The van der Waals surface area contributed by atoms with Crippen LogP contribution in [0.4, 0.5) is 5.95 Å². The second-order valence-corrected chi connectivity index (χ2v) is 6.06.